The Balaban J connectivity index is 1.11. The summed E-state index contributed by atoms with van der Waals surface area (Å²) in [6.07, 6.45) is 7.83. The van der Waals surface area contributed by atoms with E-state index in [1.54, 1.807) is 0 Å². The maximum absolute atomic E-state index is 5.02. The predicted octanol–water partition coefficient (Wildman–Crippen LogP) is 13.7. The number of benzene rings is 7. The van der Waals surface area contributed by atoms with Crippen LogP contribution in [0.1, 0.15) is 30.5 Å². The first-order chi connectivity index (χ1) is 32.8. The Morgan fingerprint density at radius 3 is 1.78 bits per heavy atom. The summed E-state index contributed by atoms with van der Waals surface area (Å²) in [6.45, 7) is 10.4. The maximum atomic E-state index is 5.02. The van der Waals surface area contributed by atoms with Gasteiger partial charge in [0.1, 0.15) is 5.84 Å². The molecule has 0 radical (unpaired) electrons. The molecule has 0 bridgehead atoms. The highest BCUT2D eigenvalue weighted by atomic mass is 31.1. The highest BCUT2D eigenvalue weighted by Gasteiger charge is 2.22. The second-order valence-electron chi connectivity index (χ2n) is 16.5. The molecule has 4 aromatic heterocycles. The lowest BCUT2D eigenvalue weighted by molar-refractivity contribution is 1.11. The Kier molecular flexibility index (Phi) is 10.6. The first-order valence-electron chi connectivity index (χ1n) is 22.1. The van der Waals surface area contributed by atoms with Crippen LogP contribution in [0.4, 0.5) is 0 Å². The smallest absolute Gasteiger partial charge is 0.182 e. The average molecular weight is 883 g/mol. The van der Waals surface area contributed by atoms with Gasteiger partial charge in [0.25, 0.3) is 0 Å². The Hall–Kier alpha value is -8.45. The number of amidine groups is 1. The van der Waals surface area contributed by atoms with Gasteiger partial charge in [0.05, 0.1) is 33.5 Å². The number of rotatable bonds is 9. The highest BCUT2D eigenvalue weighted by molar-refractivity contribution is 7.44. The Labute approximate surface area is 389 Å². The quantitative estimate of drug-likeness (QED) is 0.0821. The topological polar surface area (TPSA) is 86.1 Å². The Morgan fingerprint density at radius 2 is 1.09 bits per heavy atom. The molecule has 0 aliphatic heterocycles. The van der Waals surface area contributed by atoms with Gasteiger partial charge in [0, 0.05) is 62.0 Å². The minimum atomic E-state index is 0.602. The van der Waals surface area contributed by atoms with Crippen molar-refractivity contribution in [1.29, 1.82) is 0 Å². The molecular formula is C58H43N8P. The molecule has 0 saturated carbocycles. The minimum absolute atomic E-state index is 0.602. The zero-order chi connectivity index (χ0) is 45.6. The number of hydrogen-bond donors (Lipinski definition) is 0. The van der Waals surface area contributed by atoms with Crippen molar-refractivity contribution in [2.75, 3.05) is 0 Å². The molecule has 320 valence electrons. The van der Waals surface area contributed by atoms with Crippen molar-refractivity contribution >= 4 is 80.9 Å². The van der Waals surface area contributed by atoms with Gasteiger partial charge >= 0.3 is 0 Å². The fraction of sp³-hybridized carbons (Fsp3) is 0.0517. The molecule has 11 rings (SSSR count). The van der Waals surface area contributed by atoms with Crippen LogP contribution >= 0.6 is 8.20 Å². The van der Waals surface area contributed by atoms with Crippen LogP contribution in [0.3, 0.4) is 0 Å². The van der Waals surface area contributed by atoms with Gasteiger partial charge in [-0.05, 0) is 99.8 Å². The summed E-state index contributed by atoms with van der Waals surface area (Å²) in [5, 5.41) is 4.62. The van der Waals surface area contributed by atoms with E-state index in [9.17, 15) is 0 Å². The third kappa shape index (κ3) is 7.53. The van der Waals surface area contributed by atoms with Gasteiger partial charge in [-0.15, -0.1) is 0 Å². The van der Waals surface area contributed by atoms with Crippen molar-refractivity contribution in [3.8, 4) is 45.3 Å². The number of aryl methyl sites for hydroxylation is 1. The molecule has 0 fully saturated rings. The number of nitrogens with zero attached hydrogens (tertiary/aromatic N) is 8. The highest BCUT2D eigenvalue weighted by Crippen LogP contribution is 2.41. The number of fused-ring (bicyclic) bond motifs is 6. The number of pyridine rings is 1. The fourth-order valence-corrected chi connectivity index (χ4v) is 9.53. The van der Waals surface area contributed by atoms with Crippen molar-refractivity contribution in [1.82, 2.24) is 29.1 Å². The third-order valence-electron chi connectivity index (χ3n) is 12.3. The van der Waals surface area contributed by atoms with Crippen LogP contribution in [0, 0.1) is 6.92 Å². The van der Waals surface area contributed by atoms with Crippen LogP contribution < -0.4 is 5.57 Å². The van der Waals surface area contributed by atoms with Crippen molar-refractivity contribution < 1.29 is 0 Å². The Morgan fingerprint density at radius 1 is 0.507 bits per heavy atom. The first kappa shape index (κ1) is 41.3. The van der Waals surface area contributed by atoms with Crippen molar-refractivity contribution in [3.63, 3.8) is 0 Å². The molecule has 0 unspecified atom stereocenters. The van der Waals surface area contributed by atoms with Crippen LogP contribution in [0.5, 0.6) is 0 Å². The second-order valence-corrected chi connectivity index (χ2v) is 17.3. The van der Waals surface area contributed by atoms with Crippen molar-refractivity contribution in [2.24, 2.45) is 9.98 Å². The molecule has 4 heterocycles. The largest absolute Gasteiger partial charge is 0.309 e. The fourth-order valence-electron chi connectivity index (χ4n) is 9.20. The molecule has 0 amide bonds. The average Bonchev–Trinajstić information content (AvgIpc) is 3.88. The van der Waals surface area contributed by atoms with E-state index < -0.39 is 0 Å². The van der Waals surface area contributed by atoms with Crippen LogP contribution in [0.15, 0.2) is 199 Å². The minimum Gasteiger partial charge on any atom is -0.309 e. The monoisotopic (exact) mass is 882 g/mol. The van der Waals surface area contributed by atoms with Gasteiger partial charge in [-0.3, -0.25) is 4.98 Å². The summed E-state index contributed by atoms with van der Waals surface area (Å²) in [5.41, 5.74) is 15.6. The molecule has 0 N–H and O–H groups in total. The molecule has 0 spiro atoms. The molecule has 7 aromatic carbocycles. The van der Waals surface area contributed by atoms with E-state index >= 15 is 0 Å². The van der Waals surface area contributed by atoms with Crippen LogP contribution in [0.25, 0.3) is 94.6 Å². The third-order valence-corrected chi connectivity index (χ3v) is 12.8. The van der Waals surface area contributed by atoms with Gasteiger partial charge in [-0.25, -0.2) is 24.9 Å². The van der Waals surface area contributed by atoms with E-state index in [1.165, 1.54) is 5.39 Å². The molecule has 0 aliphatic carbocycles. The van der Waals surface area contributed by atoms with E-state index in [1.807, 2.05) is 86.9 Å². The van der Waals surface area contributed by atoms with Crippen LogP contribution in [0.2, 0.25) is 0 Å². The van der Waals surface area contributed by atoms with E-state index in [0.717, 1.165) is 102 Å². The Bertz CT molecular complexity index is 3810. The molecule has 9 heteroatoms. The summed E-state index contributed by atoms with van der Waals surface area (Å²) < 4.78 is 4.79. The van der Waals surface area contributed by atoms with Gasteiger partial charge in [-0.2, -0.15) is 0 Å². The zero-order valence-electron chi connectivity index (χ0n) is 37.3. The molecule has 0 atom stereocenters. The summed E-state index contributed by atoms with van der Waals surface area (Å²) >= 11 is 0. The van der Waals surface area contributed by atoms with E-state index in [0.29, 0.717) is 28.7 Å². The summed E-state index contributed by atoms with van der Waals surface area (Å²) in [6, 6.07) is 59.3. The number of hydrogen-bond acceptors (Lipinski definition) is 5. The normalized spacial score (nSPS) is 12.2. The summed E-state index contributed by atoms with van der Waals surface area (Å²) in [4.78, 5) is 28.8. The lowest BCUT2D eigenvalue weighted by Crippen LogP contribution is -2.10. The molecule has 0 aliphatic rings. The second kappa shape index (κ2) is 17.2. The standard InChI is InChI=1S/C58H43N8P/c1-36-32-53(66-51-23-15-13-21-46(51)48-27-25-44(34-55(48)66)57-62-56(63-58(64-57)67-5)42-18-10-7-11-19-42)49(41-28-30-59-31-29-41)35-52(36)65-50-22-14-12-20-45(50)47-26-24-43(33-54(47)65)38(3)61-39(4)60-37(2)40-16-8-6-9-17-40/h6-35H,2,5H2,1,3-4H3. The molecule has 8 nitrogen and oxygen atoms in total. The van der Waals surface area contributed by atoms with Gasteiger partial charge in [0.15, 0.2) is 17.2 Å². The SMILES string of the molecule is C=Pc1nc(-c2ccccc2)nc(-c2ccc3c4ccccc4n(-c4cc(C)c(-n5c6ccccc6c6ccc(C(C)=NC(C)=NC(=C)c7ccccc7)cc65)cc4-c4ccncc4)c3c2)n1. The van der Waals surface area contributed by atoms with E-state index in [4.69, 9.17) is 24.9 Å². The van der Waals surface area contributed by atoms with Crippen LogP contribution in [-0.2, 0) is 0 Å². The van der Waals surface area contributed by atoms with Gasteiger partial charge < -0.3 is 9.13 Å². The lowest BCUT2D eigenvalue weighted by atomic mass is 10.00. The molecule has 67 heavy (non-hydrogen) atoms. The number of para-hydroxylation sites is 2. The van der Waals surface area contributed by atoms with Crippen LogP contribution in [-0.4, -0.2) is 46.9 Å². The number of aliphatic imine (C=N–C) groups is 2. The van der Waals surface area contributed by atoms with Gasteiger partial charge in [-0.1, -0.05) is 134 Å². The van der Waals surface area contributed by atoms with Crippen molar-refractivity contribution in [3.05, 3.63) is 206 Å². The molecule has 0 saturated heterocycles. The molecule has 11 aromatic rings. The predicted molar refractivity (Wildman–Crippen MR) is 282 cm³/mol. The lowest BCUT2D eigenvalue weighted by Gasteiger charge is -2.20. The number of aromatic nitrogens is 6. The molecular weight excluding hydrogens is 840 g/mol. The van der Waals surface area contributed by atoms with Crippen molar-refractivity contribution in [2.45, 2.75) is 20.8 Å². The summed E-state index contributed by atoms with van der Waals surface area (Å²) in [7, 11) is 0.717. The maximum Gasteiger partial charge on any atom is 0.182 e. The van der Waals surface area contributed by atoms with E-state index in [2.05, 4.69) is 143 Å². The first-order valence-corrected chi connectivity index (χ1v) is 23.2. The zero-order valence-corrected chi connectivity index (χ0v) is 38.2. The van der Waals surface area contributed by atoms with Gasteiger partial charge in [0.2, 0.25) is 0 Å². The van der Waals surface area contributed by atoms with E-state index in [-0.39, 0.29) is 0 Å². The summed E-state index contributed by atoms with van der Waals surface area (Å²) in [5.74, 6) is 1.87.